The highest BCUT2D eigenvalue weighted by molar-refractivity contribution is 9.10. The molecule has 1 atom stereocenters. The van der Waals surface area contributed by atoms with Crippen molar-refractivity contribution in [1.82, 2.24) is 20.0 Å². The third-order valence-electron chi connectivity index (χ3n) is 4.43. The Balaban J connectivity index is 2.59. The zero-order chi connectivity index (χ0) is 18.8. The van der Waals surface area contributed by atoms with E-state index in [9.17, 15) is 4.79 Å². The fourth-order valence-electron chi connectivity index (χ4n) is 3.07. The molecule has 1 unspecified atom stereocenters. The lowest BCUT2D eigenvalue weighted by Crippen LogP contribution is -2.43. The summed E-state index contributed by atoms with van der Waals surface area (Å²) in [4.78, 5) is 15.1. The highest BCUT2D eigenvalue weighted by atomic mass is 79.9. The third-order valence-corrected chi connectivity index (χ3v) is 5.38. The standard InChI is InChI=1S/C19H35BrN4O/c1-6-8-10-12-24(13-11-9-7-2)14-15(3)21-19(25)18-17(20)16(4)22-23(18)5/h15H,6-14H2,1-5H3,(H,21,25). The summed E-state index contributed by atoms with van der Waals surface area (Å²) in [5.41, 5.74) is 1.42. The van der Waals surface area contributed by atoms with Gasteiger partial charge in [0.05, 0.1) is 10.2 Å². The Morgan fingerprint density at radius 2 is 1.76 bits per heavy atom. The number of amides is 1. The van der Waals surface area contributed by atoms with E-state index in [1.807, 2.05) is 6.92 Å². The number of hydrogen-bond acceptors (Lipinski definition) is 3. The van der Waals surface area contributed by atoms with Gasteiger partial charge in [-0.3, -0.25) is 9.48 Å². The molecule has 0 fully saturated rings. The van der Waals surface area contributed by atoms with Gasteiger partial charge in [-0.1, -0.05) is 39.5 Å². The Labute approximate surface area is 161 Å². The van der Waals surface area contributed by atoms with Crippen LogP contribution in [0, 0.1) is 6.92 Å². The highest BCUT2D eigenvalue weighted by Crippen LogP contribution is 2.20. The molecule has 0 aromatic carbocycles. The van der Waals surface area contributed by atoms with Crippen molar-refractivity contribution >= 4 is 21.8 Å². The number of hydrogen-bond donors (Lipinski definition) is 1. The summed E-state index contributed by atoms with van der Waals surface area (Å²) in [7, 11) is 1.80. The van der Waals surface area contributed by atoms with Gasteiger partial charge in [0.25, 0.3) is 5.91 Å². The van der Waals surface area contributed by atoms with Crippen LogP contribution in [0.25, 0.3) is 0 Å². The minimum atomic E-state index is -0.0652. The average Bonchev–Trinajstić information content (AvgIpc) is 2.80. The molecule has 1 amide bonds. The van der Waals surface area contributed by atoms with Crippen LogP contribution in [-0.4, -0.2) is 46.3 Å². The number of unbranched alkanes of at least 4 members (excludes halogenated alkanes) is 4. The second-order valence-electron chi connectivity index (χ2n) is 6.96. The Kier molecular flexibility index (Phi) is 10.4. The van der Waals surface area contributed by atoms with Crippen LogP contribution in [0.3, 0.4) is 0 Å². The van der Waals surface area contributed by atoms with Crippen molar-refractivity contribution in [3.8, 4) is 0 Å². The molecule has 1 aromatic heterocycles. The number of nitrogens with one attached hydrogen (secondary N) is 1. The molecule has 144 valence electrons. The lowest BCUT2D eigenvalue weighted by molar-refractivity contribution is 0.0918. The first-order chi connectivity index (χ1) is 11.9. The molecule has 1 N–H and O–H groups in total. The monoisotopic (exact) mass is 414 g/mol. The van der Waals surface area contributed by atoms with Gasteiger partial charge < -0.3 is 10.2 Å². The second kappa shape index (κ2) is 11.7. The molecule has 1 heterocycles. The first-order valence-electron chi connectivity index (χ1n) is 9.62. The summed E-state index contributed by atoms with van der Waals surface area (Å²) < 4.78 is 2.42. The van der Waals surface area contributed by atoms with Crippen molar-refractivity contribution in [2.75, 3.05) is 19.6 Å². The average molecular weight is 415 g/mol. The minimum absolute atomic E-state index is 0.0652. The minimum Gasteiger partial charge on any atom is -0.347 e. The first-order valence-corrected chi connectivity index (χ1v) is 10.4. The van der Waals surface area contributed by atoms with Gasteiger partial charge >= 0.3 is 0 Å². The zero-order valence-electron chi connectivity index (χ0n) is 16.6. The largest absolute Gasteiger partial charge is 0.347 e. The molecule has 0 saturated heterocycles. The van der Waals surface area contributed by atoms with Gasteiger partial charge in [-0.05, 0) is 55.7 Å². The lowest BCUT2D eigenvalue weighted by Gasteiger charge is -2.26. The maximum absolute atomic E-state index is 12.6. The van der Waals surface area contributed by atoms with Gasteiger partial charge in [0.2, 0.25) is 0 Å². The molecule has 0 spiro atoms. The molecule has 0 radical (unpaired) electrons. The summed E-state index contributed by atoms with van der Waals surface area (Å²) in [6.45, 7) is 11.6. The van der Waals surface area contributed by atoms with Crippen LogP contribution < -0.4 is 5.32 Å². The van der Waals surface area contributed by atoms with Crippen molar-refractivity contribution in [1.29, 1.82) is 0 Å². The van der Waals surface area contributed by atoms with E-state index in [0.29, 0.717) is 5.69 Å². The number of aryl methyl sites for hydroxylation is 2. The molecule has 0 bridgehead atoms. The third kappa shape index (κ3) is 7.48. The van der Waals surface area contributed by atoms with E-state index in [4.69, 9.17) is 0 Å². The molecule has 5 nitrogen and oxygen atoms in total. The van der Waals surface area contributed by atoms with Crippen LogP contribution in [0.2, 0.25) is 0 Å². The molecule has 1 rings (SSSR count). The molecule has 6 heteroatoms. The summed E-state index contributed by atoms with van der Waals surface area (Å²) in [5.74, 6) is -0.0652. The van der Waals surface area contributed by atoms with E-state index in [0.717, 1.165) is 29.8 Å². The number of carbonyl (C=O) groups is 1. The van der Waals surface area contributed by atoms with E-state index in [1.165, 1.54) is 38.5 Å². The summed E-state index contributed by atoms with van der Waals surface area (Å²) in [5, 5.41) is 7.43. The van der Waals surface area contributed by atoms with E-state index in [1.54, 1.807) is 11.7 Å². The Bertz CT molecular complexity index is 520. The molecule has 0 aliphatic heterocycles. The van der Waals surface area contributed by atoms with Crippen molar-refractivity contribution in [2.45, 2.75) is 72.3 Å². The lowest BCUT2D eigenvalue weighted by atomic mass is 10.2. The van der Waals surface area contributed by atoms with E-state index in [-0.39, 0.29) is 11.9 Å². The summed E-state index contributed by atoms with van der Waals surface area (Å²) in [6.07, 6.45) is 7.48. The Hall–Kier alpha value is -0.880. The summed E-state index contributed by atoms with van der Waals surface area (Å²) in [6, 6.07) is 0.109. The van der Waals surface area contributed by atoms with Crippen molar-refractivity contribution in [3.05, 3.63) is 15.9 Å². The van der Waals surface area contributed by atoms with E-state index >= 15 is 0 Å². The fraction of sp³-hybridized carbons (Fsp3) is 0.789. The number of aromatic nitrogens is 2. The zero-order valence-corrected chi connectivity index (χ0v) is 18.2. The fourth-order valence-corrected chi connectivity index (χ4v) is 3.59. The van der Waals surface area contributed by atoms with Crippen LogP contribution in [0.1, 0.15) is 75.5 Å². The van der Waals surface area contributed by atoms with E-state index < -0.39 is 0 Å². The topological polar surface area (TPSA) is 50.2 Å². The van der Waals surface area contributed by atoms with Gasteiger partial charge in [0.15, 0.2) is 0 Å². The normalized spacial score (nSPS) is 12.6. The molecular weight excluding hydrogens is 380 g/mol. The van der Waals surface area contributed by atoms with Crippen LogP contribution in [0.5, 0.6) is 0 Å². The molecule has 0 saturated carbocycles. The molecule has 1 aromatic rings. The Morgan fingerprint density at radius 1 is 1.20 bits per heavy atom. The number of carbonyl (C=O) groups excluding carboxylic acids is 1. The Morgan fingerprint density at radius 3 is 2.20 bits per heavy atom. The molecule has 0 aliphatic carbocycles. The smallest absolute Gasteiger partial charge is 0.270 e. The second-order valence-corrected chi connectivity index (χ2v) is 7.75. The van der Waals surface area contributed by atoms with Gasteiger partial charge in [0.1, 0.15) is 5.69 Å². The highest BCUT2D eigenvalue weighted by Gasteiger charge is 2.20. The van der Waals surface area contributed by atoms with Gasteiger partial charge in [-0.15, -0.1) is 0 Å². The number of halogens is 1. The number of rotatable bonds is 12. The molecular formula is C19H35BrN4O. The SMILES string of the molecule is CCCCCN(CCCCC)CC(C)NC(=O)c1c(Br)c(C)nn1C. The summed E-state index contributed by atoms with van der Waals surface area (Å²) >= 11 is 3.47. The van der Waals surface area contributed by atoms with E-state index in [2.05, 4.69) is 52.0 Å². The van der Waals surface area contributed by atoms with Crippen LogP contribution >= 0.6 is 15.9 Å². The molecule has 25 heavy (non-hydrogen) atoms. The van der Waals surface area contributed by atoms with Gasteiger partial charge in [0, 0.05) is 19.6 Å². The predicted molar refractivity (Wildman–Crippen MR) is 108 cm³/mol. The van der Waals surface area contributed by atoms with Gasteiger partial charge in [-0.25, -0.2) is 0 Å². The van der Waals surface area contributed by atoms with Crippen LogP contribution in [0.4, 0.5) is 0 Å². The quantitative estimate of drug-likeness (QED) is 0.518. The van der Waals surface area contributed by atoms with Crippen molar-refractivity contribution < 1.29 is 4.79 Å². The maximum Gasteiger partial charge on any atom is 0.270 e. The first kappa shape index (κ1) is 22.2. The van der Waals surface area contributed by atoms with Gasteiger partial charge in [-0.2, -0.15) is 5.10 Å². The molecule has 0 aliphatic rings. The van der Waals surface area contributed by atoms with Crippen molar-refractivity contribution in [2.24, 2.45) is 7.05 Å². The van der Waals surface area contributed by atoms with Crippen molar-refractivity contribution in [3.63, 3.8) is 0 Å². The van der Waals surface area contributed by atoms with Crippen LogP contribution in [0.15, 0.2) is 4.47 Å². The number of nitrogens with zero attached hydrogens (tertiary/aromatic N) is 3. The predicted octanol–water partition coefficient (Wildman–Crippen LogP) is 4.29. The van der Waals surface area contributed by atoms with Crippen LogP contribution in [-0.2, 0) is 7.05 Å². The maximum atomic E-state index is 12.6.